The highest BCUT2D eigenvalue weighted by atomic mass is 16.2. The third kappa shape index (κ3) is 3.50. The first kappa shape index (κ1) is 13.0. The summed E-state index contributed by atoms with van der Waals surface area (Å²) < 4.78 is 0. The molecule has 18 heavy (non-hydrogen) atoms. The quantitative estimate of drug-likeness (QED) is 0.884. The number of carbonyl (C=O) groups excluding carboxylic acids is 1. The van der Waals surface area contributed by atoms with Gasteiger partial charge in [-0.05, 0) is 38.9 Å². The summed E-state index contributed by atoms with van der Waals surface area (Å²) in [5.41, 5.74) is 0. The summed E-state index contributed by atoms with van der Waals surface area (Å²) >= 11 is 0. The predicted octanol–water partition coefficient (Wildman–Crippen LogP) is 1.68. The molecule has 0 aromatic carbocycles. The molecule has 1 aromatic rings. The second-order valence-corrected chi connectivity index (χ2v) is 4.69. The average molecular weight is 248 g/mol. The maximum atomic E-state index is 12.1. The Morgan fingerprint density at radius 3 is 2.44 bits per heavy atom. The van der Waals surface area contributed by atoms with E-state index in [4.69, 9.17) is 0 Å². The monoisotopic (exact) mass is 248 g/mol. The van der Waals surface area contributed by atoms with E-state index in [-0.39, 0.29) is 11.9 Å². The van der Waals surface area contributed by atoms with E-state index in [1.54, 1.807) is 18.5 Å². The number of anilines is 1. The highest BCUT2D eigenvalue weighted by Gasteiger charge is 2.22. The van der Waals surface area contributed by atoms with Crippen LogP contribution in [-0.4, -0.2) is 39.9 Å². The molecule has 98 valence electrons. The molecule has 0 aliphatic carbocycles. The van der Waals surface area contributed by atoms with Gasteiger partial charge < -0.3 is 0 Å². The van der Waals surface area contributed by atoms with Gasteiger partial charge in [0.05, 0.1) is 6.04 Å². The molecule has 2 heterocycles. The average Bonchev–Trinajstić information content (AvgIpc) is 2.68. The summed E-state index contributed by atoms with van der Waals surface area (Å²) in [6, 6.07) is 1.61. The zero-order valence-corrected chi connectivity index (χ0v) is 10.8. The van der Waals surface area contributed by atoms with Crippen LogP contribution in [-0.2, 0) is 4.79 Å². The van der Waals surface area contributed by atoms with Crippen LogP contribution in [0.25, 0.3) is 0 Å². The normalized spacial score (nSPS) is 18.9. The van der Waals surface area contributed by atoms with Gasteiger partial charge in [0.25, 0.3) is 0 Å². The van der Waals surface area contributed by atoms with Crippen LogP contribution in [0.1, 0.15) is 32.6 Å². The fraction of sp³-hybridized carbons (Fsp3) is 0.615. The molecule has 1 amide bonds. The summed E-state index contributed by atoms with van der Waals surface area (Å²) in [7, 11) is 0. The van der Waals surface area contributed by atoms with Crippen molar-refractivity contribution in [1.29, 1.82) is 0 Å². The van der Waals surface area contributed by atoms with Crippen LogP contribution in [0.15, 0.2) is 18.5 Å². The van der Waals surface area contributed by atoms with Crippen LogP contribution in [0.3, 0.4) is 0 Å². The number of nitrogens with zero attached hydrogens (tertiary/aromatic N) is 3. The van der Waals surface area contributed by atoms with Crippen molar-refractivity contribution in [2.75, 3.05) is 18.4 Å². The second kappa shape index (κ2) is 6.44. The first-order chi connectivity index (χ1) is 8.77. The van der Waals surface area contributed by atoms with Crippen LogP contribution >= 0.6 is 0 Å². The zero-order valence-electron chi connectivity index (χ0n) is 10.8. The lowest BCUT2D eigenvalue weighted by molar-refractivity contribution is -0.120. The first-order valence-electron chi connectivity index (χ1n) is 6.59. The zero-order chi connectivity index (χ0) is 12.8. The van der Waals surface area contributed by atoms with Crippen molar-refractivity contribution in [2.45, 2.75) is 38.6 Å². The van der Waals surface area contributed by atoms with Crippen molar-refractivity contribution < 1.29 is 4.79 Å². The summed E-state index contributed by atoms with van der Waals surface area (Å²) in [4.78, 5) is 22.3. The largest absolute Gasteiger partial charge is 0.293 e. The molecule has 5 heteroatoms. The number of nitrogens with one attached hydrogen (secondary N) is 1. The van der Waals surface area contributed by atoms with Crippen molar-refractivity contribution in [3.05, 3.63) is 18.5 Å². The van der Waals surface area contributed by atoms with Gasteiger partial charge in [-0.1, -0.05) is 12.8 Å². The lowest BCUT2D eigenvalue weighted by atomic mass is 10.2. The smallest absolute Gasteiger partial charge is 0.243 e. The Balaban J connectivity index is 1.91. The third-order valence-electron chi connectivity index (χ3n) is 3.37. The molecule has 2 rings (SSSR count). The second-order valence-electron chi connectivity index (χ2n) is 4.69. The Hall–Kier alpha value is -1.49. The molecule has 0 radical (unpaired) electrons. The Labute approximate surface area is 108 Å². The molecule has 1 atom stereocenters. The Morgan fingerprint density at radius 2 is 1.83 bits per heavy atom. The van der Waals surface area contributed by atoms with Crippen molar-refractivity contribution in [3.63, 3.8) is 0 Å². The molecule has 0 spiro atoms. The SMILES string of the molecule is C[C@@H](C(=O)Nc1ncccn1)N1CCCCCC1. The van der Waals surface area contributed by atoms with Crippen molar-refractivity contribution in [2.24, 2.45) is 0 Å². The molecular weight excluding hydrogens is 228 g/mol. The van der Waals surface area contributed by atoms with Crippen molar-refractivity contribution in [1.82, 2.24) is 14.9 Å². The highest BCUT2D eigenvalue weighted by Crippen LogP contribution is 2.13. The Morgan fingerprint density at radius 1 is 1.22 bits per heavy atom. The molecule has 0 unspecified atom stereocenters. The van der Waals surface area contributed by atoms with Gasteiger partial charge in [0.2, 0.25) is 11.9 Å². The maximum Gasteiger partial charge on any atom is 0.243 e. The lowest BCUT2D eigenvalue weighted by Gasteiger charge is -2.26. The van der Waals surface area contributed by atoms with Gasteiger partial charge in [0.15, 0.2) is 0 Å². The fourth-order valence-electron chi connectivity index (χ4n) is 2.23. The predicted molar refractivity (Wildman–Crippen MR) is 70.2 cm³/mol. The molecule has 1 fully saturated rings. The van der Waals surface area contributed by atoms with E-state index >= 15 is 0 Å². The molecule has 1 aromatic heterocycles. The van der Waals surface area contributed by atoms with E-state index in [1.165, 1.54) is 25.7 Å². The molecule has 1 aliphatic heterocycles. The number of hydrogen-bond donors (Lipinski definition) is 1. The number of carbonyl (C=O) groups is 1. The molecule has 1 saturated heterocycles. The Bertz CT molecular complexity index is 374. The van der Waals surface area contributed by atoms with E-state index in [0.29, 0.717) is 5.95 Å². The minimum absolute atomic E-state index is 0.0249. The van der Waals surface area contributed by atoms with Crippen molar-refractivity contribution in [3.8, 4) is 0 Å². The number of hydrogen-bond acceptors (Lipinski definition) is 4. The van der Waals surface area contributed by atoms with Gasteiger partial charge in [-0.2, -0.15) is 0 Å². The molecule has 0 bridgehead atoms. The van der Waals surface area contributed by atoms with Crippen LogP contribution in [0.5, 0.6) is 0 Å². The molecule has 1 aliphatic rings. The molecule has 0 saturated carbocycles. The van der Waals surface area contributed by atoms with Gasteiger partial charge in [-0.15, -0.1) is 0 Å². The molecule has 5 nitrogen and oxygen atoms in total. The van der Waals surface area contributed by atoms with Crippen LogP contribution < -0.4 is 5.32 Å². The van der Waals surface area contributed by atoms with Gasteiger partial charge in [-0.3, -0.25) is 15.0 Å². The lowest BCUT2D eigenvalue weighted by Crippen LogP contribution is -2.42. The van der Waals surface area contributed by atoms with E-state index in [9.17, 15) is 4.79 Å². The first-order valence-corrected chi connectivity index (χ1v) is 6.59. The Kier molecular flexibility index (Phi) is 4.64. The molecule has 1 N–H and O–H groups in total. The van der Waals surface area contributed by atoms with E-state index in [0.717, 1.165) is 13.1 Å². The van der Waals surface area contributed by atoms with Crippen LogP contribution in [0.2, 0.25) is 0 Å². The number of likely N-dealkylation sites (tertiary alicyclic amines) is 1. The van der Waals surface area contributed by atoms with E-state index < -0.39 is 0 Å². The van der Waals surface area contributed by atoms with Crippen molar-refractivity contribution >= 4 is 11.9 Å². The third-order valence-corrected chi connectivity index (χ3v) is 3.37. The van der Waals surface area contributed by atoms with E-state index in [2.05, 4.69) is 20.2 Å². The fourth-order valence-corrected chi connectivity index (χ4v) is 2.23. The summed E-state index contributed by atoms with van der Waals surface area (Å²) in [6.45, 7) is 3.96. The summed E-state index contributed by atoms with van der Waals surface area (Å²) in [5.74, 6) is 0.354. The summed E-state index contributed by atoms with van der Waals surface area (Å²) in [6.07, 6.45) is 8.15. The summed E-state index contributed by atoms with van der Waals surface area (Å²) in [5, 5.41) is 2.76. The van der Waals surface area contributed by atoms with Crippen LogP contribution in [0, 0.1) is 0 Å². The topological polar surface area (TPSA) is 58.1 Å². The minimum atomic E-state index is -0.119. The number of rotatable bonds is 3. The van der Waals surface area contributed by atoms with Gasteiger partial charge in [0.1, 0.15) is 0 Å². The highest BCUT2D eigenvalue weighted by molar-refractivity contribution is 5.93. The van der Waals surface area contributed by atoms with Gasteiger partial charge in [0, 0.05) is 12.4 Å². The number of aromatic nitrogens is 2. The van der Waals surface area contributed by atoms with Gasteiger partial charge >= 0.3 is 0 Å². The van der Waals surface area contributed by atoms with Crippen LogP contribution in [0.4, 0.5) is 5.95 Å². The van der Waals surface area contributed by atoms with Gasteiger partial charge in [-0.25, -0.2) is 9.97 Å². The number of amides is 1. The molecular formula is C13H20N4O. The van der Waals surface area contributed by atoms with E-state index in [1.807, 2.05) is 6.92 Å². The minimum Gasteiger partial charge on any atom is -0.293 e. The maximum absolute atomic E-state index is 12.1. The standard InChI is InChI=1S/C13H20N4O/c1-11(17-9-4-2-3-5-10-17)12(18)16-13-14-7-6-8-15-13/h6-8,11H,2-5,9-10H2,1H3,(H,14,15,16,18)/t11-/m0/s1.